The molecule has 1 fully saturated rings. The zero-order chi connectivity index (χ0) is 19.7. The van der Waals surface area contributed by atoms with E-state index in [1.54, 1.807) is 6.07 Å². The summed E-state index contributed by atoms with van der Waals surface area (Å²) in [6.07, 6.45) is -2.63. The molecule has 0 unspecified atom stereocenters. The van der Waals surface area contributed by atoms with Crippen molar-refractivity contribution in [2.75, 3.05) is 13.1 Å². The predicted molar refractivity (Wildman–Crippen MR) is 97.1 cm³/mol. The van der Waals surface area contributed by atoms with Gasteiger partial charge in [0.25, 0.3) is 6.43 Å². The highest BCUT2D eigenvalue weighted by atomic mass is 19.3. The summed E-state index contributed by atoms with van der Waals surface area (Å²) in [6, 6.07) is 15.2. The summed E-state index contributed by atoms with van der Waals surface area (Å²) in [5.41, 5.74) is 2.18. The SMILES string of the molecule is Fc1ccc(CN2C[C@@H](c3ccccc3)[C@H](c3cc(C(F)F)n[nH]3)C2)cc1F. The Labute approximate surface area is 160 Å². The topological polar surface area (TPSA) is 31.9 Å². The van der Waals surface area contributed by atoms with Gasteiger partial charge < -0.3 is 0 Å². The van der Waals surface area contributed by atoms with Gasteiger partial charge in [-0.3, -0.25) is 10.00 Å². The van der Waals surface area contributed by atoms with Crippen molar-refractivity contribution in [2.45, 2.75) is 24.8 Å². The Kier molecular flexibility index (Phi) is 5.17. The molecule has 0 amide bonds. The van der Waals surface area contributed by atoms with E-state index in [0.717, 1.165) is 11.6 Å². The quantitative estimate of drug-likeness (QED) is 0.622. The summed E-state index contributed by atoms with van der Waals surface area (Å²) in [6.45, 7) is 1.73. The molecule has 28 heavy (non-hydrogen) atoms. The highest BCUT2D eigenvalue weighted by Gasteiger charge is 2.36. The number of aromatic nitrogens is 2. The number of hydrogen-bond donors (Lipinski definition) is 1. The van der Waals surface area contributed by atoms with Gasteiger partial charge in [-0.25, -0.2) is 17.6 Å². The molecule has 1 aliphatic heterocycles. The van der Waals surface area contributed by atoms with Crippen molar-refractivity contribution < 1.29 is 17.6 Å². The number of benzene rings is 2. The summed E-state index contributed by atoms with van der Waals surface area (Å²) >= 11 is 0. The van der Waals surface area contributed by atoms with Gasteiger partial charge in [-0.1, -0.05) is 36.4 Å². The standard InChI is InChI=1S/C21H19F4N3/c22-17-7-6-13(8-18(17)23)10-28-11-15(14-4-2-1-3-5-14)16(12-28)19-9-20(21(24)25)27-26-19/h1-9,15-16,21H,10-12H2,(H,26,27)/t15-,16+/m0/s1. The van der Waals surface area contributed by atoms with Crippen molar-refractivity contribution in [2.24, 2.45) is 0 Å². The number of nitrogens with one attached hydrogen (secondary N) is 1. The molecule has 3 nitrogen and oxygen atoms in total. The average molecular weight is 389 g/mol. The number of alkyl halides is 2. The van der Waals surface area contributed by atoms with Crippen LogP contribution in [0.4, 0.5) is 17.6 Å². The lowest BCUT2D eigenvalue weighted by Gasteiger charge is -2.17. The molecular weight excluding hydrogens is 370 g/mol. The van der Waals surface area contributed by atoms with E-state index >= 15 is 0 Å². The van der Waals surface area contributed by atoms with Gasteiger partial charge >= 0.3 is 0 Å². The number of likely N-dealkylation sites (tertiary alicyclic amines) is 1. The monoisotopic (exact) mass is 389 g/mol. The molecule has 0 spiro atoms. The first kappa shape index (κ1) is 18.7. The zero-order valence-electron chi connectivity index (χ0n) is 15.0. The van der Waals surface area contributed by atoms with Crippen molar-refractivity contribution in [3.05, 3.63) is 88.7 Å². The third-order valence-electron chi connectivity index (χ3n) is 5.25. The number of H-pyrrole nitrogens is 1. The van der Waals surface area contributed by atoms with Crippen LogP contribution >= 0.6 is 0 Å². The minimum atomic E-state index is -2.63. The molecule has 1 N–H and O–H groups in total. The Morgan fingerprint density at radius 1 is 0.964 bits per heavy atom. The van der Waals surface area contributed by atoms with Gasteiger partial charge in [-0.05, 0) is 29.3 Å². The van der Waals surface area contributed by atoms with E-state index in [1.807, 2.05) is 30.3 Å². The number of rotatable bonds is 5. The molecule has 0 radical (unpaired) electrons. The van der Waals surface area contributed by atoms with Crippen LogP contribution in [0.2, 0.25) is 0 Å². The summed E-state index contributed by atoms with van der Waals surface area (Å²) in [5, 5.41) is 6.50. The second-order valence-corrected chi connectivity index (χ2v) is 7.12. The van der Waals surface area contributed by atoms with Crippen LogP contribution in [0, 0.1) is 11.6 Å². The van der Waals surface area contributed by atoms with E-state index in [0.29, 0.717) is 30.9 Å². The maximum atomic E-state index is 13.5. The lowest BCUT2D eigenvalue weighted by Crippen LogP contribution is -2.20. The number of nitrogens with zero attached hydrogens (tertiary/aromatic N) is 2. The molecule has 3 aromatic rings. The Morgan fingerprint density at radius 2 is 1.71 bits per heavy atom. The van der Waals surface area contributed by atoms with Crippen LogP contribution < -0.4 is 0 Å². The van der Waals surface area contributed by atoms with E-state index < -0.39 is 18.1 Å². The number of aromatic amines is 1. The maximum Gasteiger partial charge on any atom is 0.282 e. The van der Waals surface area contributed by atoms with E-state index in [9.17, 15) is 17.6 Å². The predicted octanol–water partition coefficient (Wildman–Crippen LogP) is 5.01. The smallest absolute Gasteiger partial charge is 0.282 e. The molecule has 146 valence electrons. The van der Waals surface area contributed by atoms with Gasteiger partial charge in [0.15, 0.2) is 11.6 Å². The first-order chi connectivity index (χ1) is 13.5. The van der Waals surface area contributed by atoms with Crippen molar-refractivity contribution in [1.82, 2.24) is 15.1 Å². The van der Waals surface area contributed by atoms with Gasteiger partial charge in [0.05, 0.1) is 0 Å². The van der Waals surface area contributed by atoms with Gasteiger partial charge in [0, 0.05) is 37.2 Å². The normalized spacial score (nSPS) is 20.2. The molecule has 0 saturated carbocycles. The van der Waals surface area contributed by atoms with Crippen molar-refractivity contribution >= 4 is 0 Å². The zero-order valence-corrected chi connectivity index (χ0v) is 15.0. The van der Waals surface area contributed by atoms with Crippen molar-refractivity contribution in [3.63, 3.8) is 0 Å². The molecule has 4 rings (SSSR count). The van der Waals surface area contributed by atoms with Gasteiger partial charge in [-0.15, -0.1) is 0 Å². The minimum Gasteiger partial charge on any atom is -0.298 e. The fourth-order valence-electron chi connectivity index (χ4n) is 3.92. The van der Waals surface area contributed by atoms with Crippen LogP contribution in [0.15, 0.2) is 54.6 Å². The first-order valence-electron chi connectivity index (χ1n) is 9.06. The largest absolute Gasteiger partial charge is 0.298 e. The average Bonchev–Trinajstić information content (AvgIpc) is 3.33. The molecule has 1 aromatic heterocycles. The van der Waals surface area contributed by atoms with E-state index in [1.165, 1.54) is 12.1 Å². The van der Waals surface area contributed by atoms with E-state index in [4.69, 9.17) is 0 Å². The Hall–Kier alpha value is -2.67. The van der Waals surface area contributed by atoms with Crippen LogP contribution in [-0.4, -0.2) is 28.2 Å². The van der Waals surface area contributed by atoms with Crippen LogP contribution in [-0.2, 0) is 6.54 Å². The molecule has 2 heterocycles. The molecule has 0 aliphatic carbocycles. The van der Waals surface area contributed by atoms with Crippen LogP contribution in [0.25, 0.3) is 0 Å². The molecular formula is C21H19F4N3. The van der Waals surface area contributed by atoms with Crippen LogP contribution in [0.1, 0.15) is 40.8 Å². The lowest BCUT2D eigenvalue weighted by molar-refractivity contribution is 0.146. The molecule has 1 saturated heterocycles. The summed E-state index contributed by atoms with van der Waals surface area (Å²) < 4.78 is 52.6. The Bertz CT molecular complexity index is 942. The van der Waals surface area contributed by atoms with Crippen LogP contribution in [0.5, 0.6) is 0 Å². The Morgan fingerprint density at radius 3 is 2.39 bits per heavy atom. The third kappa shape index (κ3) is 3.80. The molecule has 2 atom stereocenters. The lowest BCUT2D eigenvalue weighted by atomic mass is 9.87. The highest BCUT2D eigenvalue weighted by Crippen LogP contribution is 2.40. The van der Waals surface area contributed by atoms with Gasteiger partial charge in [-0.2, -0.15) is 5.10 Å². The van der Waals surface area contributed by atoms with Gasteiger partial charge in [0.2, 0.25) is 0 Å². The molecule has 0 bridgehead atoms. The minimum absolute atomic E-state index is 0.0484. The van der Waals surface area contributed by atoms with Crippen LogP contribution in [0.3, 0.4) is 0 Å². The fraction of sp³-hybridized carbons (Fsp3) is 0.286. The first-order valence-corrected chi connectivity index (χ1v) is 9.06. The second kappa shape index (κ2) is 7.75. The fourth-order valence-corrected chi connectivity index (χ4v) is 3.92. The maximum absolute atomic E-state index is 13.5. The second-order valence-electron chi connectivity index (χ2n) is 7.12. The van der Waals surface area contributed by atoms with Gasteiger partial charge in [0.1, 0.15) is 5.69 Å². The Balaban J connectivity index is 1.60. The molecule has 1 aliphatic rings. The highest BCUT2D eigenvalue weighted by molar-refractivity contribution is 5.29. The third-order valence-corrected chi connectivity index (χ3v) is 5.25. The van der Waals surface area contributed by atoms with Crippen molar-refractivity contribution in [3.8, 4) is 0 Å². The summed E-state index contributed by atoms with van der Waals surface area (Å²) in [4.78, 5) is 2.12. The van der Waals surface area contributed by atoms with E-state index in [2.05, 4.69) is 15.1 Å². The molecule has 7 heteroatoms. The molecule has 2 aromatic carbocycles. The summed E-state index contributed by atoms with van der Waals surface area (Å²) in [5.74, 6) is -1.71. The number of hydrogen-bond acceptors (Lipinski definition) is 2. The summed E-state index contributed by atoms with van der Waals surface area (Å²) in [7, 11) is 0. The van der Waals surface area contributed by atoms with Crippen molar-refractivity contribution in [1.29, 1.82) is 0 Å². The number of halogens is 4. The van der Waals surface area contributed by atoms with E-state index in [-0.39, 0.29) is 17.5 Å².